The highest BCUT2D eigenvalue weighted by molar-refractivity contribution is 5.65. The van der Waals surface area contributed by atoms with Crippen LogP contribution in [0.15, 0.2) is 24.3 Å². The third-order valence-electron chi connectivity index (χ3n) is 1.66. The van der Waals surface area contributed by atoms with Crippen LogP contribution in [0.1, 0.15) is 18.6 Å². The second kappa shape index (κ2) is 3.80. The SMILES string of the molecule is CC(OC(N)=O)c1ccc(O)cc1. The fourth-order valence-electron chi connectivity index (χ4n) is 0.988. The third-order valence-corrected chi connectivity index (χ3v) is 1.66. The summed E-state index contributed by atoms with van der Waals surface area (Å²) in [6.07, 6.45) is -1.20. The molecule has 1 atom stereocenters. The van der Waals surface area contributed by atoms with Gasteiger partial charge in [-0.25, -0.2) is 4.79 Å². The van der Waals surface area contributed by atoms with Crippen molar-refractivity contribution in [1.82, 2.24) is 0 Å². The van der Waals surface area contributed by atoms with Crippen molar-refractivity contribution in [3.63, 3.8) is 0 Å². The van der Waals surface area contributed by atoms with Gasteiger partial charge in [-0.1, -0.05) is 12.1 Å². The average molecular weight is 181 g/mol. The topological polar surface area (TPSA) is 72.5 Å². The first-order valence-electron chi connectivity index (χ1n) is 3.84. The van der Waals surface area contributed by atoms with Crippen LogP contribution in [-0.4, -0.2) is 11.2 Å². The smallest absolute Gasteiger partial charge is 0.405 e. The molecule has 0 bridgehead atoms. The van der Waals surface area contributed by atoms with E-state index in [1.165, 1.54) is 12.1 Å². The number of amides is 1. The molecule has 13 heavy (non-hydrogen) atoms. The van der Waals surface area contributed by atoms with Crippen LogP contribution in [-0.2, 0) is 4.74 Å². The summed E-state index contributed by atoms with van der Waals surface area (Å²) in [5.74, 6) is 0.176. The number of carbonyl (C=O) groups excluding carboxylic acids is 1. The molecule has 4 heteroatoms. The Bertz CT molecular complexity index is 294. The van der Waals surface area contributed by atoms with Crippen molar-refractivity contribution >= 4 is 6.09 Å². The zero-order valence-electron chi connectivity index (χ0n) is 7.23. The molecule has 1 aromatic rings. The van der Waals surface area contributed by atoms with E-state index in [0.717, 1.165) is 5.56 Å². The molecule has 0 radical (unpaired) electrons. The predicted molar refractivity (Wildman–Crippen MR) is 47.2 cm³/mol. The van der Waals surface area contributed by atoms with Crippen LogP contribution in [0.2, 0.25) is 0 Å². The van der Waals surface area contributed by atoms with Crippen molar-refractivity contribution in [2.24, 2.45) is 5.73 Å². The number of aromatic hydroxyl groups is 1. The van der Waals surface area contributed by atoms with Gasteiger partial charge in [-0.2, -0.15) is 0 Å². The van der Waals surface area contributed by atoms with Gasteiger partial charge in [0, 0.05) is 0 Å². The largest absolute Gasteiger partial charge is 0.508 e. The molecular weight excluding hydrogens is 170 g/mol. The first-order valence-corrected chi connectivity index (χ1v) is 3.84. The van der Waals surface area contributed by atoms with Crippen LogP contribution in [0, 0.1) is 0 Å². The Morgan fingerprint density at radius 1 is 1.46 bits per heavy atom. The number of benzene rings is 1. The van der Waals surface area contributed by atoms with E-state index in [9.17, 15) is 4.79 Å². The number of phenolic OH excluding ortho intramolecular Hbond substituents is 1. The van der Waals surface area contributed by atoms with Gasteiger partial charge >= 0.3 is 6.09 Å². The zero-order valence-corrected chi connectivity index (χ0v) is 7.23. The van der Waals surface area contributed by atoms with E-state index >= 15 is 0 Å². The van der Waals surface area contributed by atoms with Gasteiger partial charge in [0.25, 0.3) is 0 Å². The zero-order chi connectivity index (χ0) is 9.84. The van der Waals surface area contributed by atoms with Crippen molar-refractivity contribution in [3.05, 3.63) is 29.8 Å². The molecular formula is C9H11NO3. The molecule has 1 rings (SSSR count). The minimum Gasteiger partial charge on any atom is -0.508 e. The van der Waals surface area contributed by atoms with E-state index in [-0.39, 0.29) is 5.75 Å². The third kappa shape index (κ3) is 2.66. The monoisotopic (exact) mass is 181 g/mol. The van der Waals surface area contributed by atoms with E-state index in [4.69, 9.17) is 15.6 Å². The number of nitrogens with two attached hydrogens (primary N) is 1. The van der Waals surface area contributed by atoms with Crippen LogP contribution in [0.25, 0.3) is 0 Å². The van der Waals surface area contributed by atoms with Crippen molar-refractivity contribution in [2.45, 2.75) is 13.0 Å². The van der Waals surface area contributed by atoms with Gasteiger partial charge in [-0.05, 0) is 24.6 Å². The summed E-state index contributed by atoms with van der Waals surface area (Å²) in [6, 6.07) is 6.39. The Kier molecular flexibility index (Phi) is 2.74. The Balaban J connectivity index is 2.71. The van der Waals surface area contributed by atoms with E-state index in [1.807, 2.05) is 0 Å². The number of primary amides is 1. The van der Waals surface area contributed by atoms with Crippen molar-refractivity contribution in [2.75, 3.05) is 0 Å². The van der Waals surface area contributed by atoms with E-state index in [0.29, 0.717) is 0 Å². The standard InChI is InChI=1S/C9H11NO3/c1-6(13-9(10)12)7-2-4-8(11)5-3-7/h2-6,11H,1H3,(H2,10,12). The first kappa shape index (κ1) is 9.38. The lowest BCUT2D eigenvalue weighted by Crippen LogP contribution is -2.15. The molecule has 1 amide bonds. The summed E-state index contributed by atoms with van der Waals surface area (Å²) >= 11 is 0. The van der Waals surface area contributed by atoms with Gasteiger partial charge in [0.05, 0.1) is 0 Å². The second-order valence-electron chi connectivity index (χ2n) is 2.67. The summed E-state index contributed by atoms with van der Waals surface area (Å²) in [7, 11) is 0. The first-order chi connectivity index (χ1) is 6.09. The Hall–Kier alpha value is -1.71. The van der Waals surface area contributed by atoms with E-state index in [1.54, 1.807) is 19.1 Å². The number of ether oxygens (including phenoxy) is 1. The van der Waals surface area contributed by atoms with Gasteiger partial charge in [0.1, 0.15) is 11.9 Å². The molecule has 0 heterocycles. The molecule has 0 aliphatic carbocycles. The maximum absolute atomic E-state index is 10.4. The van der Waals surface area contributed by atoms with Gasteiger partial charge in [-0.3, -0.25) is 0 Å². The summed E-state index contributed by atoms with van der Waals surface area (Å²) < 4.78 is 4.73. The summed E-state index contributed by atoms with van der Waals surface area (Å²) in [5, 5.41) is 8.99. The maximum Gasteiger partial charge on any atom is 0.405 e. The summed E-state index contributed by atoms with van der Waals surface area (Å²) in [4.78, 5) is 10.4. The number of hydrogen-bond acceptors (Lipinski definition) is 3. The Labute approximate surface area is 75.9 Å². The predicted octanol–water partition coefficient (Wildman–Crippen LogP) is 1.55. The van der Waals surface area contributed by atoms with Crippen LogP contribution in [0.3, 0.4) is 0 Å². The van der Waals surface area contributed by atoms with Gasteiger partial charge in [0.2, 0.25) is 0 Å². The molecule has 0 aliphatic rings. The number of rotatable bonds is 2. The van der Waals surface area contributed by atoms with Crippen LogP contribution < -0.4 is 5.73 Å². The molecule has 0 aromatic heterocycles. The normalized spacial score (nSPS) is 12.1. The summed E-state index contributed by atoms with van der Waals surface area (Å²) in [6.45, 7) is 1.71. The van der Waals surface area contributed by atoms with Crippen molar-refractivity contribution in [3.8, 4) is 5.75 Å². The average Bonchev–Trinajstić information content (AvgIpc) is 2.04. The van der Waals surface area contributed by atoms with Crippen molar-refractivity contribution < 1.29 is 14.6 Å². The molecule has 0 saturated heterocycles. The molecule has 4 nitrogen and oxygen atoms in total. The lowest BCUT2D eigenvalue weighted by Gasteiger charge is -2.11. The molecule has 0 aliphatic heterocycles. The molecule has 3 N–H and O–H groups in total. The molecule has 1 aromatic carbocycles. The highest BCUT2D eigenvalue weighted by Crippen LogP contribution is 2.18. The summed E-state index contributed by atoms with van der Waals surface area (Å²) in [5.41, 5.74) is 5.64. The maximum atomic E-state index is 10.4. The minimum absolute atomic E-state index is 0.176. The van der Waals surface area contributed by atoms with Crippen LogP contribution in [0.5, 0.6) is 5.75 Å². The van der Waals surface area contributed by atoms with Crippen molar-refractivity contribution in [1.29, 1.82) is 0 Å². The fraction of sp³-hybridized carbons (Fsp3) is 0.222. The second-order valence-corrected chi connectivity index (χ2v) is 2.67. The van der Waals surface area contributed by atoms with Crippen LogP contribution in [0.4, 0.5) is 4.79 Å². The number of hydrogen-bond donors (Lipinski definition) is 2. The molecule has 70 valence electrons. The number of phenols is 1. The molecule has 0 saturated carbocycles. The molecule has 0 spiro atoms. The number of carbonyl (C=O) groups is 1. The highest BCUT2D eigenvalue weighted by atomic mass is 16.6. The van der Waals surface area contributed by atoms with Gasteiger partial charge in [-0.15, -0.1) is 0 Å². The molecule has 1 unspecified atom stereocenters. The quantitative estimate of drug-likeness (QED) is 0.726. The van der Waals surface area contributed by atoms with E-state index in [2.05, 4.69) is 0 Å². The highest BCUT2D eigenvalue weighted by Gasteiger charge is 2.07. The van der Waals surface area contributed by atoms with Gasteiger partial charge in [0.15, 0.2) is 0 Å². The van der Waals surface area contributed by atoms with Crippen LogP contribution >= 0.6 is 0 Å². The van der Waals surface area contributed by atoms with Gasteiger partial charge < -0.3 is 15.6 Å². The lowest BCUT2D eigenvalue weighted by atomic mass is 10.1. The Morgan fingerprint density at radius 2 is 2.00 bits per heavy atom. The Morgan fingerprint density at radius 3 is 2.46 bits per heavy atom. The molecule has 0 fully saturated rings. The fourth-order valence-corrected chi connectivity index (χ4v) is 0.988. The minimum atomic E-state index is -0.805. The lowest BCUT2D eigenvalue weighted by molar-refractivity contribution is 0.116. The van der Waals surface area contributed by atoms with E-state index < -0.39 is 12.2 Å².